The van der Waals surface area contributed by atoms with Gasteiger partial charge in [-0.1, -0.05) is 24.3 Å². The van der Waals surface area contributed by atoms with Crippen molar-refractivity contribution in [2.75, 3.05) is 19.8 Å². The van der Waals surface area contributed by atoms with Gasteiger partial charge in [0.15, 0.2) is 6.29 Å². The lowest BCUT2D eigenvalue weighted by Gasteiger charge is -2.17. The van der Waals surface area contributed by atoms with Crippen molar-refractivity contribution in [3.05, 3.63) is 42.2 Å². The first-order valence-corrected chi connectivity index (χ1v) is 7.11. The molecule has 5 nitrogen and oxygen atoms in total. The highest BCUT2D eigenvalue weighted by Gasteiger charge is 2.14. The third-order valence-electron chi connectivity index (χ3n) is 3.02. The number of amides is 1. The molecule has 1 amide bonds. The van der Waals surface area contributed by atoms with E-state index < -0.39 is 6.29 Å². The summed E-state index contributed by atoms with van der Waals surface area (Å²) in [4.78, 5) is 16.5. The van der Waals surface area contributed by atoms with E-state index in [2.05, 4.69) is 10.3 Å². The molecule has 0 aliphatic heterocycles. The van der Waals surface area contributed by atoms with E-state index in [1.165, 1.54) is 0 Å². The summed E-state index contributed by atoms with van der Waals surface area (Å²) >= 11 is 0. The minimum Gasteiger partial charge on any atom is -0.351 e. The minimum absolute atomic E-state index is 0.226. The second kappa shape index (κ2) is 7.71. The third kappa shape index (κ3) is 4.00. The van der Waals surface area contributed by atoms with Gasteiger partial charge in [-0.15, -0.1) is 0 Å². The largest absolute Gasteiger partial charge is 0.351 e. The highest BCUT2D eigenvalue weighted by Crippen LogP contribution is 2.16. The summed E-state index contributed by atoms with van der Waals surface area (Å²) in [5.74, 6) is -0.226. The van der Waals surface area contributed by atoms with Crippen molar-refractivity contribution in [1.29, 1.82) is 0 Å². The van der Waals surface area contributed by atoms with Gasteiger partial charge in [-0.25, -0.2) is 0 Å². The normalized spacial score (nSPS) is 11.0. The molecule has 1 aromatic heterocycles. The molecule has 2 aromatic rings. The van der Waals surface area contributed by atoms with Gasteiger partial charge in [0.25, 0.3) is 5.91 Å². The smallest absolute Gasteiger partial charge is 0.270 e. The maximum atomic E-state index is 12.3. The van der Waals surface area contributed by atoms with Crippen LogP contribution in [0.2, 0.25) is 0 Å². The molecule has 0 bridgehead atoms. The number of pyridine rings is 1. The Labute approximate surface area is 124 Å². The SMILES string of the molecule is CCOC(CNC(=O)c1nccc2ccccc12)OCC. The van der Waals surface area contributed by atoms with Crippen LogP contribution >= 0.6 is 0 Å². The predicted octanol–water partition coefficient (Wildman–Crippen LogP) is 2.36. The molecular weight excluding hydrogens is 268 g/mol. The van der Waals surface area contributed by atoms with Crippen molar-refractivity contribution >= 4 is 16.7 Å². The molecule has 0 saturated carbocycles. The number of nitrogens with zero attached hydrogens (tertiary/aromatic N) is 1. The zero-order valence-electron chi connectivity index (χ0n) is 12.3. The fourth-order valence-corrected chi connectivity index (χ4v) is 2.10. The van der Waals surface area contributed by atoms with E-state index in [9.17, 15) is 4.79 Å². The second-order valence-corrected chi connectivity index (χ2v) is 4.43. The molecule has 0 radical (unpaired) electrons. The molecule has 0 unspecified atom stereocenters. The Kier molecular flexibility index (Phi) is 5.66. The van der Waals surface area contributed by atoms with Gasteiger partial charge in [-0.05, 0) is 25.3 Å². The summed E-state index contributed by atoms with van der Waals surface area (Å²) in [6.07, 6.45) is 1.21. The quantitative estimate of drug-likeness (QED) is 0.795. The van der Waals surface area contributed by atoms with Crippen LogP contribution in [0.15, 0.2) is 36.5 Å². The van der Waals surface area contributed by atoms with Crippen LogP contribution in [0.1, 0.15) is 24.3 Å². The molecule has 0 spiro atoms. The van der Waals surface area contributed by atoms with Gasteiger partial charge >= 0.3 is 0 Å². The Morgan fingerprint density at radius 2 is 1.90 bits per heavy atom. The Balaban J connectivity index is 2.08. The zero-order valence-corrected chi connectivity index (χ0v) is 12.3. The van der Waals surface area contributed by atoms with E-state index in [1.54, 1.807) is 6.20 Å². The summed E-state index contributed by atoms with van der Waals surface area (Å²) < 4.78 is 10.8. The van der Waals surface area contributed by atoms with Crippen molar-refractivity contribution in [3.63, 3.8) is 0 Å². The van der Waals surface area contributed by atoms with Gasteiger partial charge in [0.05, 0.1) is 6.54 Å². The number of carbonyl (C=O) groups is 1. The van der Waals surface area contributed by atoms with Crippen molar-refractivity contribution < 1.29 is 14.3 Å². The highest BCUT2D eigenvalue weighted by atomic mass is 16.7. The monoisotopic (exact) mass is 288 g/mol. The van der Waals surface area contributed by atoms with Crippen molar-refractivity contribution in [2.45, 2.75) is 20.1 Å². The summed E-state index contributed by atoms with van der Waals surface area (Å²) in [6.45, 7) is 5.14. The van der Waals surface area contributed by atoms with E-state index in [4.69, 9.17) is 9.47 Å². The zero-order chi connectivity index (χ0) is 15.1. The van der Waals surface area contributed by atoms with Crippen molar-refractivity contribution in [3.8, 4) is 0 Å². The lowest BCUT2D eigenvalue weighted by Crippen LogP contribution is -2.35. The summed E-state index contributed by atoms with van der Waals surface area (Å²) in [7, 11) is 0. The van der Waals surface area contributed by atoms with Crippen molar-refractivity contribution in [2.24, 2.45) is 0 Å². The van der Waals surface area contributed by atoms with Crippen LogP contribution in [0.4, 0.5) is 0 Å². The van der Waals surface area contributed by atoms with E-state index in [1.807, 2.05) is 44.2 Å². The number of hydrogen-bond donors (Lipinski definition) is 1. The lowest BCUT2D eigenvalue weighted by molar-refractivity contribution is -0.131. The fraction of sp³-hybridized carbons (Fsp3) is 0.375. The average molecular weight is 288 g/mol. The maximum Gasteiger partial charge on any atom is 0.270 e. The lowest BCUT2D eigenvalue weighted by atomic mass is 10.1. The van der Waals surface area contributed by atoms with Crippen LogP contribution in [0.25, 0.3) is 10.8 Å². The molecule has 1 aromatic carbocycles. The molecule has 2 rings (SSSR count). The van der Waals surface area contributed by atoms with Gasteiger partial charge in [0, 0.05) is 24.8 Å². The van der Waals surface area contributed by atoms with Crippen LogP contribution in [-0.2, 0) is 9.47 Å². The summed E-state index contributed by atoms with van der Waals surface area (Å²) in [6, 6.07) is 9.56. The number of nitrogens with one attached hydrogen (secondary N) is 1. The number of benzene rings is 1. The Bertz CT molecular complexity index is 590. The van der Waals surface area contributed by atoms with Crippen LogP contribution in [0, 0.1) is 0 Å². The van der Waals surface area contributed by atoms with Crippen molar-refractivity contribution in [1.82, 2.24) is 10.3 Å². The molecule has 0 saturated heterocycles. The van der Waals surface area contributed by atoms with Crippen LogP contribution < -0.4 is 5.32 Å². The Hall–Kier alpha value is -1.98. The number of hydrogen-bond acceptors (Lipinski definition) is 4. The molecule has 1 heterocycles. The number of ether oxygens (including phenoxy) is 2. The number of aromatic nitrogens is 1. The number of carbonyl (C=O) groups excluding carboxylic acids is 1. The van der Waals surface area contributed by atoms with Gasteiger partial charge in [-0.2, -0.15) is 0 Å². The average Bonchev–Trinajstić information content (AvgIpc) is 2.52. The van der Waals surface area contributed by atoms with Gasteiger partial charge < -0.3 is 14.8 Å². The Morgan fingerprint density at radius 1 is 1.19 bits per heavy atom. The molecule has 5 heteroatoms. The van der Waals surface area contributed by atoms with Gasteiger partial charge in [0.2, 0.25) is 0 Å². The maximum absolute atomic E-state index is 12.3. The van der Waals surface area contributed by atoms with E-state index in [0.29, 0.717) is 25.5 Å². The fourth-order valence-electron chi connectivity index (χ4n) is 2.10. The summed E-state index contributed by atoms with van der Waals surface area (Å²) in [5, 5.41) is 4.63. The van der Waals surface area contributed by atoms with Crippen LogP contribution in [0.5, 0.6) is 0 Å². The first kappa shape index (κ1) is 15.4. The topological polar surface area (TPSA) is 60.5 Å². The van der Waals surface area contributed by atoms with E-state index in [-0.39, 0.29) is 5.91 Å². The predicted molar refractivity (Wildman–Crippen MR) is 81.1 cm³/mol. The van der Waals surface area contributed by atoms with E-state index >= 15 is 0 Å². The third-order valence-corrected chi connectivity index (χ3v) is 3.02. The molecular formula is C16H20N2O3. The highest BCUT2D eigenvalue weighted by molar-refractivity contribution is 6.05. The molecule has 0 aliphatic rings. The Morgan fingerprint density at radius 3 is 2.62 bits per heavy atom. The number of fused-ring (bicyclic) bond motifs is 1. The minimum atomic E-state index is -0.432. The molecule has 0 atom stereocenters. The number of rotatable bonds is 7. The van der Waals surface area contributed by atoms with Gasteiger partial charge in [-0.3, -0.25) is 9.78 Å². The molecule has 0 fully saturated rings. The van der Waals surface area contributed by atoms with Crippen LogP contribution in [-0.4, -0.2) is 36.9 Å². The van der Waals surface area contributed by atoms with Gasteiger partial charge in [0.1, 0.15) is 5.69 Å². The molecule has 1 N–H and O–H groups in total. The van der Waals surface area contributed by atoms with Crippen LogP contribution in [0.3, 0.4) is 0 Å². The summed E-state index contributed by atoms with van der Waals surface area (Å²) in [5.41, 5.74) is 0.417. The van der Waals surface area contributed by atoms with E-state index in [0.717, 1.165) is 10.8 Å². The second-order valence-electron chi connectivity index (χ2n) is 4.43. The molecule has 112 valence electrons. The first-order valence-electron chi connectivity index (χ1n) is 7.11. The standard InChI is InChI=1S/C16H20N2O3/c1-3-20-14(21-4-2)11-18-16(19)15-13-8-6-5-7-12(13)9-10-17-15/h5-10,14H,3-4,11H2,1-2H3,(H,18,19). The molecule has 21 heavy (non-hydrogen) atoms. The first-order chi connectivity index (χ1) is 10.3. The molecule has 0 aliphatic carbocycles.